The molecule has 0 spiro atoms. The molecule has 0 aliphatic carbocycles. The number of nitrogens with zero attached hydrogens (tertiary/aromatic N) is 1. The summed E-state index contributed by atoms with van der Waals surface area (Å²) >= 11 is 0. The molecule has 0 bridgehead atoms. The first-order valence-electron chi connectivity index (χ1n) is 28.8. The Morgan fingerprint density at radius 2 is 0.443 bits per heavy atom. The monoisotopic (exact) mass is 1140 g/mol. The van der Waals surface area contributed by atoms with Gasteiger partial charge in [0.1, 0.15) is 267 Å². The van der Waals surface area contributed by atoms with Crippen molar-refractivity contribution in [2.45, 2.75) is 0 Å². The molecule has 362 valence electrons. The van der Waals surface area contributed by atoms with Crippen LogP contribution >= 0.6 is 0 Å². The highest BCUT2D eigenvalue weighted by Crippen LogP contribution is 2.36. The number of hydrogen-bond acceptors (Lipinski definition) is 1. The van der Waals surface area contributed by atoms with Crippen molar-refractivity contribution >= 4 is 523 Å². The van der Waals surface area contributed by atoms with Gasteiger partial charge in [0.15, 0.2) is 0 Å². The van der Waals surface area contributed by atoms with Crippen LogP contribution in [0.25, 0.3) is 98.4 Å². The third kappa shape index (κ3) is 10.1. The molecule has 0 aliphatic rings. The summed E-state index contributed by atoms with van der Waals surface area (Å²) in [5.41, 5.74) is -1.38. The summed E-state index contributed by atoms with van der Waals surface area (Å²) in [6.07, 6.45) is 0. The van der Waals surface area contributed by atoms with Gasteiger partial charge in [0.25, 0.3) is 0 Å². The fourth-order valence-electron chi connectivity index (χ4n) is 13.5. The summed E-state index contributed by atoms with van der Waals surface area (Å²) in [5.74, 6) is 0. The topological polar surface area (TPSA) is 3.24 Å². The predicted molar refractivity (Wildman–Crippen MR) is 454 cm³/mol. The predicted octanol–water partition coefficient (Wildman–Crippen LogP) is -23.4. The van der Waals surface area contributed by atoms with Crippen LogP contribution in [0.15, 0.2) is 42.5 Å². The third-order valence-corrected chi connectivity index (χ3v) is 18.6. The lowest BCUT2D eigenvalue weighted by Crippen LogP contribution is -2.52. The van der Waals surface area contributed by atoms with Gasteiger partial charge in [-0.25, -0.2) is 0 Å². The molecule has 0 unspecified atom stereocenters. The smallest absolute Gasteiger partial charge is 0.115 e. The minimum Gasteiger partial charge on any atom is -0.312 e. The first-order valence-corrected chi connectivity index (χ1v) is 28.8. The van der Waals surface area contributed by atoms with Crippen molar-refractivity contribution in [3.63, 3.8) is 0 Å². The number of anilines is 3. The summed E-state index contributed by atoms with van der Waals surface area (Å²) in [6, 6.07) is 10.3. The first-order chi connectivity index (χ1) is 45.3. The van der Waals surface area contributed by atoms with Crippen LogP contribution in [-0.2, 0) is 0 Å². The maximum atomic E-state index is 7.34. The third-order valence-electron chi connectivity index (χ3n) is 18.6. The Bertz CT molecular complexity index is 5680. The summed E-state index contributed by atoms with van der Waals surface area (Å²) in [6.45, 7) is 0. The van der Waals surface area contributed by atoms with E-state index in [1.165, 1.54) is 47.4 Å². The molecule has 0 fully saturated rings. The molecule has 0 aromatic heterocycles. The van der Waals surface area contributed by atoms with Crippen molar-refractivity contribution in [2.24, 2.45) is 0 Å². The van der Waals surface area contributed by atoms with Crippen LogP contribution in [0, 0.1) is 0 Å². The van der Waals surface area contributed by atoms with E-state index < -0.39 is 0 Å². The molecular formula is C62H7B34N. The second-order valence-electron chi connectivity index (χ2n) is 23.8. The number of rotatable bonds is 7. The standard InChI is InChI=1S/C62H7B34N/c63-12-1-8(2-13(64)26(12)21-10-4-18(69)37(71)41(75)24(10)32-34(40(21)74)52(86)61(95)59(93)50(32)84)97(19-6-16(67)27(46(80)38(19)72)22-9-3-14(65)30-31(23(9)43(77)55(89)42(22)76)49(83)58(92)57(91)48(30)82)20-7-17(68)29(47(81)39(20)73)28-15(66)5-11(36(70)45(28)79)25-33-35(53(87)56(90)44(25)78)54(88)62(96)60(94)51(33)85/h1-7H. The summed E-state index contributed by atoms with van der Waals surface area (Å²) in [5, 5.41) is 2.11. The fraction of sp³-hybridized carbons (Fsp3) is 0. The van der Waals surface area contributed by atoms with Crippen LogP contribution in [0.2, 0.25) is 0 Å². The molecule has 0 aliphatic heterocycles. The van der Waals surface area contributed by atoms with E-state index in [1.807, 2.05) is 0 Å². The van der Waals surface area contributed by atoms with Crippen molar-refractivity contribution in [1.29, 1.82) is 0 Å². The van der Waals surface area contributed by atoms with Crippen molar-refractivity contribution < 1.29 is 0 Å². The number of fused-ring (bicyclic) bond motifs is 7. The van der Waals surface area contributed by atoms with E-state index in [-0.39, 0.29) is 301 Å². The quantitative estimate of drug-likeness (QED) is 0.114. The Balaban J connectivity index is 1.14. The molecule has 12 rings (SSSR count). The number of benzene rings is 12. The van der Waals surface area contributed by atoms with Crippen LogP contribution in [0.3, 0.4) is 0 Å². The fourth-order valence-corrected chi connectivity index (χ4v) is 13.5. The number of hydrogen-bond donors (Lipinski definition) is 0. The largest absolute Gasteiger partial charge is 0.312 e. The molecule has 68 radical (unpaired) electrons. The molecule has 0 saturated heterocycles. The second-order valence-corrected chi connectivity index (χ2v) is 23.8. The Morgan fingerprint density at radius 1 is 0.155 bits per heavy atom. The first kappa shape index (κ1) is 70.8. The zero-order valence-electron chi connectivity index (χ0n) is 51.6. The van der Waals surface area contributed by atoms with E-state index in [4.69, 9.17) is 267 Å². The molecule has 35 heteroatoms. The molecule has 0 amide bonds. The van der Waals surface area contributed by atoms with Gasteiger partial charge < -0.3 is 4.90 Å². The average molecular weight is 1130 g/mol. The summed E-state index contributed by atoms with van der Waals surface area (Å²) in [4.78, 5) is 1.47. The molecule has 0 heterocycles. The molecule has 12 aromatic rings. The van der Waals surface area contributed by atoms with E-state index in [0.29, 0.717) is 0 Å². The van der Waals surface area contributed by atoms with Gasteiger partial charge in [-0.3, -0.25) is 0 Å². The van der Waals surface area contributed by atoms with E-state index >= 15 is 0 Å². The van der Waals surface area contributed by atoms with Gasteiger partial charge in [-0.2, -0.15) is 0 Å². The maximum Gasteiger partial charge on any atom is 0.115 e. The van der Waals surface area contributed by atoms with Crippen LogP contribution < -0.4 is 191 Å². The van der Waals surface area contributed by atoms with Gasteiger partial charge in [0, 0.05) is 17.1 Å². The van der Waals surface area contributed by atoms with Crippen LogP contribution in [0.1, 0.15) is 0 Å². The van der Waals surface area contributed by atoms with Gasteiger partial charge in [-0.05, 0) is 123 Å². The Kier molecular flexibility index (Phi) is 18.2. The Labute approximate surface area is 610 Å². The highest BCUT2D eigenvalue weighted by molar-refractivity contribution is 6.77. The normalized spacial score (nSPS) is 11.7. The minimum absolute atomic E-state index is 0.00137. The zero-order chi connectivity index (χ0) is 71.3. The lowest BCUT2D eigenvalue weighted by atomic mass is 9.57. The summed E-state index contributed by atoms with van der Waals surface area (Å²) in [7, 11) is 231. The van der Waals surface area contributed by atoms with Crippen LogP contribution in [0.4, 0.5) is 17.1 Å². The van der Waals surface area contributed by atoms with E-state index in [9.17, 15) is 0 Å². The van der Waals surface area contributed by atoms with Gasteiger partial charge in [0.05, 0.1) is 0 Å². The highest BCUT2D eigenvalue weighted by Gasteiger charge is 2.30. The average Bonchev–Trinajstić information content (AvgIpc) is 0.723. The van der Waals surface area contributed by atoms with Gasteiger partial charge in [-0.15, -0.1) is 54.6 Å². The van der Waals surface area contributed by atoms with Crippen LogP contribution in [0.5, 0.6) is 0 Å². The van der Waals surface area contributed by atoms with Crippen molar-refractivity contribution in [1.82, 2.24) is 0 Å². The van der Waals surface area contributed by atoms with Crippen molar-refractivity contribution in [3.05, 3.63) is 42.5 Å². The van der Waals surface area contributed by atoms with Gasteiger partial charge >= 0.3 is 0 Å². The Morgan fingerprint density at radius 3 is 0.897 bits per heavy atom. The minimum atomic E-state index is -0.216. The lowest BCUT2D eigenvalue weighted by Gasteiger charge is -2.35. The van der Waals surface area contributed by atoms with Crippen molar-refractivity contribution in [3.8, 4) is 44.5 Å². The molecule has 0 atom stereocenters. The molecule has 97 heavy (non-hydrogen) atoms. The van der Waals surface area contributed by atoms with Gasteiger partial charge in [0.2, 0.25) is 0 Å². The maximum absolute atomic E-state index is 7.34. The van der Waals surface area contributed by atoms with E-state index in [2.05, 4.69) is 0 Å². The highest BCUT2D eigenvalue weighted by atomic mass is 15.1. The SMILES string of the molecule is [B]c1cc2c(-c3c([B])cc(N(c4cc([B])c(-c5c([B])cc(-c6c([B])c([B])c([B])c7c([B])c([B])c([B])c([B])c67)c([B])c5[B])c([B])c4[B])c4cc([B])c(-c5c([B])c([B])c([B])c6c5cc([B])c5c([B])c([B])c([B])c([B])c56)c([B])c4[B])cc3[B])c([B])c3c([B])c([B])c([B])c([B])c3c2c([B])c1[B]. The molecular weight excluding hydrogens is 1130 g/mol. The van der Waals surface area contributed by atoms with E-state index in [1.54, 1.807) is 0 Å². The molecule has 0 N–H and O–H groups in total. The second kappa shape index (κ2) is 24.9. The Hall–Kier alpha value is -6.05. The zero-order valence-corrected chi connectivity index (χ0v) is 51.6. The van der Waals surface area contributed by atoms with Crippen LogP contribution in [-0.4, -0.2) is 267 Å². The summed E-state index contributed by atoms with van der Waals surface area (Å²) < 4.78 is 0. The lowest BCUT2D eigenvalue weighted by molar-refractivity contribution is 1.32. The van der Waals surface area contributed by atoms with Gasteiger partial charge in [-0.1, -0.05) is 149 Å². The van der Waals surface area contributed by atoms with Crippen molar-refractivity contribution in [2.75, 3.05) is 4.90 Å². The molecule has 0 saturated carbocycles. The molecule has 12 aromatic carbocycles. The molecule has 1 nitrogen and oxygen atoms in total. The van der Waals surface area contributed by atoms with E-state index in [0.717, 1.165) is 0 Å².